The van der Waals surface area contributed by atoms with Crippen LogP contribution in [0.4, 0.5) is 5.82 Å². The molecule has 2 aliphatic rings. The second-order valence-corrected chi connectivity index (χ2v) is 6.56. The highest BCUT2D eigenvalue weighted by molar-refractivity contribution is 7.80. The molecule has 1 aromatic heterocycles. The summed E-state index contributed by atoms with van der Waals surface area (Å²) in [7, 11) is 2.03. The van der Waals surface area contributed by atoms with Gasteiger partial charge in [-0.05, 0) is 49.7 Å². The zero-order chi connectivity index (χ0) is 14.8. The van der Waals surface area contributed by atoms with E-state index in [1.807, 2.05) is 7.05 Å². The fraction of sp³-hybridized carbons (Fsp3) is 0.625. The Balaban J connectivity index is 1.68. The van der Waals surface area contributed by atoms with Crippen LogP contribution >= 0.6 is 12.2 Å². The summed E-state index contributed by atoms with van der Waals surface area (Å²) in [5, 5.41) is 0. The molecule has 0 saturated heterocycles. The van der Waals surface area contributed by atoms with Gasteiger partial charge in [0.25, 0.3) is 0 Å². The van der Waals surface area contributed by atoms with Crippen molar-refractivity contribution in [3.05, 3.63) is 22.9 Å². The molecule has 0 unspecified atom stereocenters. The molecular weight excluding hydrogens is 282 g/mol. The van der Waals surface area contributed by atoms with Gasteiger partial charge in [0.15, 0.2) is 0 Å². The lowest BCUT2D eigenvalue weighted by Crippen LogP contribution is -2.27. The number of aromatic nitrogens is 1. The number of nitrogens with zero attached hydrogens (tertiary/aromatic N) is 2. The minimum absolute atomic E-state index is 0.429. The highest BCUT2D eigenvalue weighted by Gasteiger charge is 2.22. The maximum atomic E-state index is 5.88. The number of thiocarbonyl (C=S) groups is 1. The van der Waals surface area contributed by atoms with E-state index in [4.69, 9.17) is 27.7 Å². The highest BCUT2D eigenvalue weighted by Crippen LogP contribution is 2.29. The van der Waals surface area contributed by atoms with Gasteiger partial charge in [0.05, 0.1) is 12.2 Å². The van der Waals surface area contributed by atoms with E-state index in [1.165, 1.54) is 30.5 Å². The normalized spacial score (nSPS) is 16.8. The predicted molar refractivity (Wildman–Crippen MR) is 89.0 cm³/mol. The number of hydrogen-bond acceptors (Lipinski definition) is 4. The van der Waals surface area contributed by atoms with Crippen molar-refractivity contribution in [2.45, 2.75) is 32.1 Å². The van der Waals surface area contributed by atoms with Crippen LogP contribution in [-0.4, -0.2) is 36.8 Å². The van der Waals surface area contributed by atoms with E-state index >= 15 is 0 Å². The zero-order valence-electron chi connectivity index (χ0n) is 12.6. The number of pyridine rings is 1. The summed E-state index contributed by atoms with van der Waals surface area (Å²) in [5.74, 6) is 1.71. The summed E-state index contributed by atoms with van der Waals surface area (Å²) >= 11 is 5.20. The maximum absolute atomic E-state index is 5.88. The van der Waals surface area contributed by atoms with Gasteiger partial charge in [-0.15, -0.1) is 0 Å². The first kappa shape index (κ1) is 14.7. The Bertz CT molecular complexity index is 543. The molecule has 0 spiro atoms. The quantitative estimate of drug-likeness (QED) is 0.617. The molecule has 2 N–H and O–H groups in total. The van der Waals surface area contributed by atoms with Crippen LogP contribution in [0.15, 0.2) is 6.07 Å². The summed E-state index contributed by atoms with van der Waals surface area (Å²) < 4.78 is 5.71. The van der Waals surface area contributed by atoms with Gasteiger partial charge in [-0.3, -0.25) is 0 Å². The van der Waals surface area contributed by atoms with Gasteiger partial charge >= 0.3 is 0 Å². The maximum Gasteiger partial charge on any atom is 0.138 e. The van der Waals surface area contributed by atoms with E-state index < -0.39 is 0 Å². The number of likely N-dealkylation sites (N-methyl/N-ethyl adjacent to an activating group) is 1. The Morgan fingerprint density at radius 1 is 1.48 bits per heavy atom. The smallest absolute Gasteiger partial charge is 0.138 e. The summed E-state index contributed by atoms with van der Waals surface area (Å²) in [5.41, 5.74) is 9.29. The molecule has 0 aromatic carbocycles. The lowest BCUT2D eigenvalue weighted by molar-refractivity contribution is 0.131. The molecule has 2 aliphatic carbocycles. The number of aryl methyl sites for hydroxylation is 2. The monoisotopic (exact) mass is 305 g/mol. The SMILES string of the molecule is CN(CCOCC1CC1)c1nc2c(cc1C(N)=S)CCC2. The molecule has 4 nitrogen and oxygen atoms in total. The Labute approximate surface area is 131 Å². The molecule has 114 valence electrons. The molecule has 0 aliphatic heterocycles. The molecule has 1 aromatic rings. The average molecular weight is 305 g/mol. The minimum Gasteiger partial charge on any atom is -0.389 e. The molecule has 1 fully saturated rings. The first-order valence-electron chi connectivity index (χ1n) is 7.76. The lowest BCUT2D eigenvalue weighted by Gasteiger charge is -2.22. The van der Waals surface area contributed by atoms with Crippen molar-refractivity contribution in [1.29, 1.82) is 0 Å². The van der Waals surface area contributed by atoms with Crippen LogP contribution in [0.2, 0.25) is 0 Å². The standard InChI is InChI=1S/C16H23N3OS/c1-19(7-8-20-10-11-5-6-11)16-13(15(17)21)9-12-3-2-4-14(12)18-16/h9,11H,2-8,10H2,1H3,(H2,17,21). The number of ether oxygens (including phenoxy) is 1. The van der Waals surface area contributed by atoms with Crippen LogP contribution in [-0.2, 0) is 17.6 Å². The van der Waals surface area contributed by atoms with E-state index in [2.05, 4.69) is 11.0 Å². The third kappa shape index (κ3) is 3.52. The third-order valence-electron chi connectivity index (χ3n) is 4.28. The molecule has 3 rings (SSSR count). The van der Waals surface area contributed by atoms with E-state index in [0.717, 1.165) is 49.9 Å². The first-order chi connectivity index (χ1) is 10.1. The fourth-order valence-electron chi connectivity index (χ4n) is 2.78. The van der Waals surface area contributed by atoms with Crippen LogP contribution < -0.4 is 10.6 Å². The molecule has 21 heavy (non-hydrogen) atoms. The van der Waals surface area contributed by atoms with Gasteiger partial charge in [-0.25, -0.2) is 4.98 Å². The van der Waals surface area contributed by atoms with Gasteiger partial charge < -0.3 is 15.4 Å². The molecule has 0 bridgehead atoms. The van der Waals surface area contributed by atoms with Gasteiger partial charge in [0.1, 0.15) is 10.8 Å². The third-order valence-corrected chi connectivity index (χ3v) is 4.50. The van der Waals surface area contributed by atoms with Crippen LogP contribution in [0.3, 0.4) is 0 Å². The number of anilines is 1. The molecule has 0 atom stereocenters. The number of nitrogens with two attached hydrogens (primary N) is 1. The largest absolute Gasteiger partial charge is 0.389 e. The Morgan fingerprint density at radius 2 is 2.29 bits per heavy atom. The Kier molecular flexibility index (Phi) is 4.40. The summed E-state index contributed by atoms with van der Waals surface area (Å²) in [4.78, 5) is 7.34. The minimum atomic E-state index is 0.429. The highest BCUT2D eigenvalue weighted by atomic mass is 32.1. The second-order valence-electron chi connectivity index (χ2n) is 6.12. The fourth-order valence-corrected chi connectivity index (χ4v) is 2.93. The van der Waals surface area contributed by atoms with Gasteiger partial charge in [0.2, 0.25) is 0 Å². The van der Waals surface area contributed by atoms with Gasteiger partial charge in [-0.2, -0.15) is 0 Å². The van der Waals surface area contributed by atoms with Crippen molar-refractivity contribution in [2.75, 3.05) is 31.7 Å². The molecule has 5 heteroatoms. The molecule has 1 heterocycles. The summed E-state index contributed by atoms with van der Waals surface area (Å²) in [6, 6.07) is 2.13. The van der Waals surface area contributed by atoms with E-state index in [1.54, 1.807) is 0 Å². The Hall–Kier alpha value is -1.20. The summed E-state index contributed by atoms with van der Waals surface area (Å²) in [6.45, 7) is 2.43. The van der Waals surface area contributed by atoms with E-state index in [0.29, 0.717) is 4.99 Å². The van der Waals surface area contributed by atoms with Crippen molar-refractivity contribution in [2.24, 2.45) is 11.7 Å². The van der Waals surface area contributed by atoms with E-state index in [9.17, 15) is 0 Å². The topological polar surface area (TPSA) is 51.4 Å². The van der Waals surface area contributed by atoms with Crippen molar-refractivity contribution >= 4 is 23.0 Å². The average Bonchev–Trinajstić information content (AvgIpc) is 3.17. The van der Waals surface area contributed by atoms with Crippen LogP contribution in [0, 0.1) is 5.92 Å². The zero-order valence-corrected chi connectivity index (χ0v) is 13.4. The molecular formula is C16H23N3OS. The van der Waals surface area contributed by atoms with E-state index in [-0.39, 0.29) is 0 Å². The van der Waals surface area contributed by atoms with Gasteiger partial charge in [0, 0.05) is 25.9 Å². The second kappa shape index (κ2) is 6.28. The van der Waals surface area contributed by atoms with Crippen molar-refractivity contribution in [3.63, 3.8) is 0 Å². The van der Waals surface area contributed by atoms with Gasteiger partial charge in [-0.1, -0.05) is 12.2 Å². The van der Waals surface area contributed by atoms with Crippen molar-refractivity contribution in [3.8, 4) is 0 Å². The Morgan fingerprint density at radius 3 is 3.00 bits per heavy atom. The van der Waals surface area contributed by atoms with Crippen molar-refractivity contribution < 1.29 is 4.74 Å². The van der Waals surface area contributed by atoms with Crippen molar-refractivity contribution in [1.82, 2.24) is 4.98 Å². The lowest BCUT2D eigenvalue weighted by atomic mass is 10.1. The number of fused-ring (bicyclic) bond motifs is 1. The number of rotatable bonds is 7. The van der Waals surface area contributed by atoms with Crippen LogP contribution in [0.1, 0.15) is 36.1 Å². The predicted octanol–water partition coefficient (Wildman–Crippen LogP) is 2.07. The van der Waals surface area contributed by atoms with Crippen LogP contribution in [0.25, 0.3) is 0 Å². The molecule has 0 radical (unpaired) electrons. The molecule has 0 amide bonds. The number of hydrogen-bond donors (Lipinski definition) is 1. The summed E-state index contributed by atoms with van der Waals surface area (Å²) in [6.07, 6.45) is 5.98. The molecule has 1 saturated carbocycles. The van der Waals surface area contributed by atoms with Crippen LogP contribution in [0.5, 0.6) is 0 Å². The first-order valence-corrected chi connectivity index (χ1v) is 8.17.